The van der Waals surface area contributed by atoms with Gasteiger partial charge in [-0.1, -0.05) is 133 Å². The number of nitrogens with zero attached hydrogens (tertiary/aromatic N) is 4. The molecule has 0 saturated heterocycles. The summed E-state index contributed by atoms with van der Waals surface area (Å²) in [6.07, 6.45) is 1.92. The molecule has 0 atom stereocenters. The first kappa shape index (κ1) is 36.0. The highest BCUT2D eigenvalue weighted by Crippen LogP contribution is 2.37. The van der Waals surface area contributed by atoms with Crippen LogP contribution in [0.15, 0.2) is 146 Å². The number of pyridine rings is 1. The molecule has 1 aliphatic rings. The van der Waals surface area contributed by atoms with Gasteiger partial charge < -0.3 is 4.74 Å². The Kier molecular flexibility index (Phi) is 8.45. The zero-order valence-electron chi connectivity index (χ0n) is 34.3. The van der Waals surface area contributed by atoms with Crippen molar-refractivity contribution in [1.29, 1.82) is 0 Å². The highest BCUT2D eigenvalue weighted by Gasteiger charge is 2.37. The van der Waals surface area contributed by atoms with Crippen molar-refractivity contribution in [1.82, 2.24) is 19.1 Å². The van der Waals surface area contributed by atoms with Gasteiger partial charge >= 0.3 is 0 Å². The molecular formula is C52H47BN4O. The van der Waals surface area contributed by atoms with Crippen LogP contribution in [0.25, 0.3) is 55.7 Å². The number of aromatic nitrogens is 4. The van der Waals surface area contributed by atoms with Crippen molar-refractivity contribution >= 4 is 55.9 Å². The lowest BCUT2D eigenvalue weighted by Gasteiger charge is -2.31. The first-order valence-corrected chi connectivity index (χ1v) is 20.6. The smallest absolute Gasteiger partial charge is 0.247 e. The molecule has 6 aromatic carbocycles. The second kappa shape index (κ2) is 13.6. The topological polar surface area (TPSA) is 44.9 Å². The summed E-state index contributed by atoms with van der Waals surface area (Å²) in [7, 11) is 0. The third-order valence-corrected chi connectivity index (χ3v) is 12.0. The van der Waals surface area contributed by atoms with Gasteiger partial charge in [-0.25, -0.2) is 9.97 Å². The first-order chi connectivity index (χ1) is 28.1. The van der Waals surface area contributed by atoms with Crippen molar-refractivity contribution in [3.05, 3.63) is 162 Å². The predicted octanol–water partition coefficient (Wildman–Crippen LogP) is 11.4. The van der Waals surface area contributed by atoms with Gasteiger partial charge in [-0.2, -0.15) is 0 Å². The number of benzene rings is 6. The van der Waals surface area contributed by atoms with Gasteiger partial charge in [0.1, 0.15) is 23.1 Å². The molecule has 1 aliphatic heterocycles. The quantitative estimate of drug-likeness (QED) is 0.152. The van der Waals surface area contributed by atoms with E-state index in [0.717, 1.165) is 50.6 Å². The molecule has 0 aliphatic carbocycles. The molecule has 9 aromatic rings. The summed E-state index contributed by atoms with van der Waals surface area (Å²) in [5.74, 6) is 4.10. The number of hydrogen-bond donors (Lipinski definition) is 0. The Morgan fingerprint density at radius 1 is 0.603 bits per heavy atom. The molecule has 3 aromatic heterocycles. The lowest BCUT2D eigenvalue weighted by Crippen LogP contribution is -2.58. The monoisotopic (exact) mass is 754 g/mol. The van der Waals surface area contributed by atoms with E-state index >= 15 is 0 Å². The Morgan fingerprint density at radius 3 is 2.09 bits per heavy atom. The molecule has 0 radical (unpaired) electrons. The zero-order chi connectivity index (χ0) is 39.9. The second-order valence-corrected chi connectivity index (χ2v) is 17.5. The summed E-state index contributed by atoms with van der Waals surface area (Å²) in [6.45, 7) is 16.1. The Labute approximate surface area is 341 Å². The molecule has 10 rings (SSSR count). The third kappa shape index (κ3) is 5.76. The Bertz CT molecular complexity index is 3030. The SMILES string of the molecule is CC(C)c1cccc(C(C)C)c1B1c2ccccc2-n2c(-c3cccc(Oc4ccc5c6ccccc6n(-c6cc(C(C)(C)C)ccn6)c5c4)c3)nc3cccc1c32. The van der Waals surface area contributed by atoms with Crippen LogP contribution >= 0.6 is 0 Å². The Balaban J connectivity index is 1.09. The number of fused-ring (bicyclic) bond motifs is 5. The lowest BCUT2D eigenvalue weighted by atomic mass is 9.33. The highest BCUT2D eigenvalue weighted by atomic mass is 16.5. The van der Waals surface area contributed by atoms with E-state index in [9.17, 15) is 0 Å². The number of para-hydroxylation sites is 3. The van der Waals surface area contributed by atoms with Gasteiger partial charge in [0.2, 0.25) is 6.71 Å². The fourth-order valence-electron chi connectivity index (χ4n) is 9.27. The maximum Gasteiger partial charge on any atom is 0.247 e. The van der Waals surface area contributed by atoms with Crippen LogP contribution in [0.5, 0.6) is 11.5 Å². The van der Waals surface area contributed by atoms with E-state index in [0.29, 0.717) is 11.8 Å². The van der Waals surface area contributed by atoms with Gasteiger partial charge in [0, 0.05) is 34.3 Å². The van der Waals surface area contributed by atoms with Crippen molar-refractivity contribution in [3.8, 4) is 34.4 Å². The van der Waals surface area contributed by atoms with Crippen molar-refractivity contribution < 1.29 is 4.74 Å². The molecule has 6 heteroatoms. The largest absolute Gasteiger partial charge is 0.457 e. The molecule has 284 valence electrons. The Hall–Kier alpha value is -6.40. The van der Waals surface area contributed by atoms with E-state index in [1.807, 2.05) is 12.3 Å². The van der Waals surface area contributed by atoms with Crippen LogP contribution in [0.2, 0.25) is 0 Å². The molecule has 0 unspecified atom stereocenters. The molecular weight excluding hydrogens is 707 g/mol. The number of imidazole rings is 1. The minimum absolute atomic E-state index is 0.00322. The van der Waals surface area contributed by atoms with E-state index < -0.39 is 0 Å². The van der Waals surface area contributed by atoms with Crippen LogP contribution < -0.4 is 21.1 Å². The highest BCUT2D eigenvalue weighted by molar-refractivity contribution is 6.98. The van der Waals surface area contributed by atoms with E-state index in [4.69, 9.17) is 14.7 Å². The van der Waals surface area contributed by atoms with Crippen LogP contribution in [0.1, 0.15) is 77.0 Å². The normalized spacial score (nSPS) is 12.7. The summed E-state index contributed by atoms with van der Waals surface area (Å²) in [5.41, 5.74) is 14.6. The molecule has 0 N–H and O–H groups in total. The van der Waals surface area contributed by atoms with E-state index in [-0.39, 0.29) is 12.1 Å². The summed E-state index contributed by atoms with van der Waals surface area (Å²) >= 11 is 0. The van der Waals surface area contributed by atoms with Gasteiger partial charge in [-0.3, -0.25) is 9.13 Å². The van der Waals surface area contributed by atoms with Gasteiger partial charge in [-0.05, 0) is 99.5 Å². The van der Waals surface area contributed by atoms with Gasteiger partial charge in [-0.15, -0.1) is 0 Å². The second-order valence-electron chi connectivity index (χ2n) is 17.5. The van der Waals surface area contributed by atoms with Crippen molar-refractivity contribution in [2.75, 3.05) is 0 Å². The van der Waals surface area contributed by atoms with Gasteiger partial charge in [0.05, 0.1) is 22.1 Å². The van der Waals surface area contributed by atoms with E-state index in [2.05, 4.69) is 191 Å². The average molecular weight is 755 g/mol. The van der Waals surface area contributed by atoms with Crippen molar-refractivity contribution in [2.24, 2.45) is 0 Å². The van der Waals surface area contributed by atoms with E-state index in [1.165, 1.54) is 49.7 Å². The average Bonchev–Trinajstić information content (AvgIpc) is 3.78. The van der Waals surface area contributed by atoms with Crippen LogP contribution in [0.4, 0.5) is 0 Å². The molecule has 0 fully saturated rings. The molecule has 0 amide bonds. The minimum Gasteiger partial charge on any atom is -0.457 e. The maximum atomic E-state index is 6.74. The fraction of sp³-hybridized carbons (Fsp3) is 0.192. The summed E-state index contributed by atoms with van der Waals surface area (Å²) in [6, 6.07) is 50.1. The number of rotatable bonds is 7. The molecule has 0 spiro atoms. The first-order valence-electron chi connectivity index (χ1n) is 20.6. The summed E-state index contributed by atoms with van der Waals surface area (Å²) < 4.78 is 11.4. The summed E-state index contributed by atoms with van der Waals surface area (Å²) in [4.78, 5) is 10.3. The molecule has 5 nitrogen and oxygen atoms in total. The van der Waals surface area contributed by atoms with Crippen molar-refractivity contribution in [2.45, 2.75) is 65.7 Å². The number of hydrogen-bond acceptors (Lipinski definition) is 3. The molecule has 0 saturated carbocycles. The van der Waals surface area contributed by atoms with Crippen LogP contribution in [-0.2, 0) is 5.41 Å². The summed E-state index contributed by atoms with van der Waals surface area (Å²) in [5, 5.41) is 2.34. The van der Waals surface area contributed by atoms with Gasteiger partial charge in [0.25, 0.3) is 0 Å². The molecule has 58 heavy (non-hydrogen) atoms. The Morgan fingerprint density at radius 2 is 1.29 bits per heavy atom. The van der Waals surface area contributed by atoms with E-state index in [1.54, 1.807) is 0 Å². The number of ether oxygens (including phenoxy) is 1. The minimum atomic E-state index is -0.00322. The standard InChI is InChI=1S/C52H47BN4O/c1-32(2)38-18-13-19-39(33(3)4)49(38)53-42-20-9-11-24-46(42)57-50-43(53)21-14-22-44(50)55-51(57)34-15-12-16-36(29-34)58-37-25-26-41-40-17-8-10-23-45(40)56(47(41)31-37)48-30-35(27-28-54-48)52(5,6)7/h8-33H,1-7H3. The van der Waals surface area contributed by atoms with Crippen LogP contribution in [-0.4, -0.2) is 25.8 Å². The zero-order valence-corrected chi connectivity index (χ0v) is 34.3. The third-order valence-electron chi connectivity index (χ3n) is 12.0. The van der Waals surface area contributed by atoms with Gasteiger partial charge in [0.15, 0.2) is 0 Å². The molecule has 0 bridgehead atoms. The van der Waals surface area contributed by atoms with Crippen LogP contribution in [0, 0.1) is 0 Å². The van der Waals surface area contributed by atoms with Crippen LogP contribution in [0.3, 0.4) is 0 Å². The molecule has 4 heterocycles. The maximum absolute atomic E-state index is 6.74. The predicted molar refractivity (Wildman–Crippen MR) is 243 cm³/mol. The fourth-order valence-corrected chi connectivity index (χ4v) is 9.27. The lowest BCUT2D eigenvalue weighted by molar-refractivity contribution is 0.483. The van der Waals surface area contributed by atoms with Crippen molar-refractivity contribution in [3.63, 3.8) is 0 Å².